The van der Waals surface area contributed by atoms with Gasteiger partial charge in [-0.15, -0.1) is 0 Å². The molecule has 3 aromatic rings. The summed E-state index contributed by atoms with van der Waals surface area (Å²) in [6.07, 6.45) is 0.585. The molecule has 0 saturated carbocycles. The van der Waals surface area contributed by atoms with Gasteiger partial charge in [0.05, 0.1) is 6.61 Å². The van der Waals surface area contributed by atoms with Crippen LogP contribution in [0.1, 0.15) is 23.2 Å². The molecule has 0 spiro atoms. The second kappa shape index (κ2) is 9.51. The van der Waals surface area contributed by atoms with Crippen LogP contribution in [0, 0.1) is 0 Å². The number of hydrogen-bond donors (Lipinski definition) is 1. The summed E-state index contributed by atoms with van der Waals surface area (Å²) in [5, 5.41) is 10.9. The van der Waals surface area contributed by atoms with E-state index in [4.69, 9.17) is 9.84 Å². The fourth-order valence-corrected chi connectivity index (χ4v) is 3.86. The van der Waals surface area contributed by atoms with Crippen LogP contribution in [0.5, 0.6) is 5.75 Å². The van der Waals surface area contributed by atoms with Gasteiger partial charge in [0.15, 0.2) is 0 Å². The van der Waals surface area contributed by atoms with Crippen molar-refractivity contribution < 1.29 is 19.4 Å². The molecule has 160 valence electrons. The molecule has 1 amide bonds. The lowest BCUT2D eigenvalue weighted by molar-refractivity contribution is -0.137. The average Bonchev–Trinajstić information content (AvgIpc) is 2.81. The van der Waals surface area contributed by atoms with Gasteiger partial charge in [0, 0.05) is 49.9 Å². The quantitative estimate of drug-likeness (QED) is 0.587. The molecular formula is C25H26N2O4. The Bertz CT molecular complexity index is 1070. The van der Waals surface area contributed by atoms with E-state index < -0.39 is 5.97 Å². The number of anilines is 1. The molecular weight excluding hydrogens is 392 g/mol. The Kier molecular flexibility index (Phi) is 6.36. The number of fused-ring (bicyclic) bond motifs is 1. The van der Waals surface area contributed by atoms with Gasteiger partial charge in [-0.1, -0.05) is 36.4 Å². The normalized spacial score (nSPS) is 13.9. The first-order chi connectivity index (χ1) is 15.1. The number of aliphatic carboxylic acids is 1. The van der Waals surface area contributed by atoms with Gasteiger partial charge >= 0.3 is 5.97 Å². The first kappa shape index (κ1) is 20.7. The van der Waals surface area contributed by atoms with Crippen molar-refractivity contribution in [2.24, 2.45) is 0 Å². The molecule has 1 aliphatic heterocycles. The lowest BCUT2D eigenvalue weighted by Gasteiger charge is -2.36. The van der Waals surface area contributed by atoms with E-state index in [1.807, 2.05) is 71.6 Å². The van der Waals surface area contributed by atoms with Crippen molar-refractivity contribution in [1.29, 1.82) is 0 Å². The van der Waals surface area contributed by atoms with Crippen LogP contribution in [0.25, 0.3) is 10.8 Å². The highest BCUT2D eigenvalue weighted by Gasteiger charge is 2.22. The highest BCUT2D eigenvalue weighted by molar-refractivity contribution is 5.98. The number of carbonyl (C=O) groups is 2. The third-order valence-corrected chi connectivity index (χ3v) is 5.55. The Morgan fingerprint density at radius 1 is 0.871 bits per heavy atom. The van der Waals surface area contributed by atoms with Crippen molar-refractivity contribution in [3.05, 3.63) is 72.3 Å². The average molecular weight is 418 g/mol. The summed E-state index contributed by atoms with van der Waals surface area (Å²) in [6.45, 7) is 3.21. The minimum Gasteiger partial charge on any atom is -0.494 e. The van der Waals surface area contributed by atoms with Crippen molar-refractivity contribution in [2.75, 3.05) is 37.7 Å². The van der Waals surface area contributed by atoms with E-state index in [0.717, 1.165) is 40.9 Å². The van der Waals surface area contributed by atoms with Crippen molar-refractivity contribution in [2.45, 2.75) is 12.8 Å². The van der Waals surface area contributed by atoms with Gasteiger partial charge in [0.1, 0.15) is 5.75 Å². The van der Waals surface area contributed by atoms with Gasteiger partial charge in [-0.2, -0.15) is 0 Å². The smallest absolute Gasteiger partial charge is 0.303 e. The van der Waals surface area contributed by atoms with Crippen LogP contribution < -0.4 is 9.64 Å². The number of amides is 1. The molecule has 1 saturated heterocycles. The van der Waals surface area contributed by atoms with Crippen molar-refractivity contribution in [3.8, 4) is 5.75 Å². The number of rotatable bonds is 7. The molecule has 0 bridgehead atoms. The third kappa shape index (κ3) is 5.15. The Morgan fingerprint density at radius 2 is 1.65 bits per heavy atom. The molecule has 0 aromatic heterocycles. The van der Waals surface area contributed by atoms with Gasteiger partial charge in [0.2, 0.25) is 0 Å². The maximum absolute atomic E-state index is 13.0. The number of carbonyl (C=O) groups excluding carboxylic acids is 1. The lowest BCUT2D eigenvalue weighted by atomic mass is 10.1. The van der Waals surface area contributed by atoms with Gasteiger partial charge in [-0.05, 0) is 41.5 Å². The number of nitrogens with zero attached hydrogens (tertiary/aromatic N) is 2. The van der Waals surface area contributed by atoms with Gasteiger partial charge < -0.3 is 19.6 Å². The standard InChI is InChI=1S/C25H26N2O4/c28-24(29)9-4-16-31-23-8-3-7-22(18-23)26-12-14-27(15-13-26)25(30)21-11-10-19-5-1-2-6-20(19)17-21/h1-3,5-8,10-11,17-18H,4,9,12-16H2,(H,28,29). The number of benzene rings is 3. The van der Waals surface area contributed by atoms with Crippen molar-refractivity contribution >= 4 is 28.3 Å². The Hall–Kier alpha value is -3.54. The lowest BCUT2D eigenvalue weighted by Crippen LogP contribution is -2.48. The number of carboxylic acid groups (broad SMARTS) is 1. The first-order valence-electron chi connectivity index (χ1n) is 10.6. The van der Waals surface area contributed by atoms with Crippen LogP contribution in [0.2, 0.25) is 0 Å². The Labute approximate surface area is 181 Å². The zero-order valence-corrected chi connectivity index (χ0v) is 17.4. The fourth-order valence-electron chi connectivity index (χ4n) is 3.86. The van der Waals surface area contributed by atoms with Crippen LogP contribution in [0.3, 0.4) is 0 Å². The number of hydrogen-bond acceptors (Lipinski definition) is 4. The van der Waals surface area contributed by atoms with Gasteiger partial charge in [-0.3, -0.25) is 9.59 Å². The zero-order valence-electron chi connectivity index (χ0n) is 17.4. The van der Waals surface area contributed by atoms with Crippen molar-refractivity contribution in [3.63, 3.8) is 0 Å². The SMILES string of the molecule is O=C(O)CCCOc1cccc(N2CCN(C(=O)c3ccc4ccccc4c3)CC2)c1. The number of carboxylic acids is 1. The maximum Gasteiger partial charge on any atom is 0.303 e. The molecule has 1 aliphatic rings. The minimum atomic E-state index is -0.812. The van der Waals surface area contributed by atoms with Crippen LogP contribution in [-0.4, -0.2) is 54.7 Å². The van der Waals surface area contributed by atoms with Crippen LogP contribution >= 0.6 is 0 Å². The summed E-state index contributed by atoms with van der Waals surface area (Å²) >= 11 is 0. The maximum atomic E-state index is 13.0. The number of ether oxygens (including phenoxy) is 1. The fraction of sp³-hybridized carbons (Fsp3) is 0.280. The molecule has 0 aliphatic carbocycles. The summed E-state index contributed by atoms with van der Waals surface area (Å²) in [7, 11) is 0. The van der Waals surface area contributed by atoms with Crippen molar-refractivity contribution in [1.82, 2.24) is 4.90 Å². The van der Waals surface area contributed by atoms with E-state index in [0.29, 0.717) is 26.1 Å². The molecule has 1 heterocycles. The summed E-state index contributed by atoms with van der Waals surface area (Å²) in [5.74, 6) is -0.00747. The minimum absolute atomic E-state index is 0.0703. The van der Waals surface area contributed by atoms with E-state index in [9.17, 15) is 9.59 Å². The molecule has 0 unspecified atom stereocenters. The predicted octanol–water partition coefficient (Wildman–Crippen LogP) is 4.05. The van der Waals surface area contributed by atoms with Gasteiger partial charge in [-0.25, -0.2) is 0 Å². The zero-order chi connectivity index (χ0) is 21.6. The number of piperazine rings is 1. The molecule has 0 radical (unpaired) electrons. The largest absolute Gasteiger partial charge is 0.494 e. The summed E-state index contributed by atoms with van der Waals surface area (Å²) < 4.78 is 5.69. The second-order valence-corrected chi connectivity index (χ2v) is 7.68. The third-order valence-electron chi connectivity index (χ3n) is 5.55. The summed E-state index contributed by atoms with van der Waals surface area (Å²) in [4.78, 5) is 27.7. The molecule has 31 heavy (non-hydrogen) atoms. The topological polar surface area (TPSA) is 70.1 Å². The van der Waals surface area contributed by atoms with Gasteiger partial charge in [0.25, 0.3) is 5.91 Å². The molecule has 4 rings (SSSR count). The highest BCUT2D eigenvalue weighted by atomic mass is 16.5. The second-order valence-electron chi connectivity index (χ2n) is 7.68. The van der Waals surface area contributed by atoms with Crippen LogP contribution in [0.15, 0.2) is 66.7 Å². The van der Waals surface area contributed by atoms with E-state index >= 15 is 0 Å². The highest BCUT2D eigenvalue weighted by Crippen LogP contribution is 2.23. The Balaban J connectivity index is 1.34. The Morgan fingerprint density at radius 3 is 2.42 bits per heavy atom. The van der Waals surface area contributed by atoms with E-state index in [2.05, 4.69) is 4.90 Å². The predicted molar refractivity (Wildman–Crippen MR) is 121 cm³/mol. The van der Waals surface area contributed by atoms with Crippen LogP contribution in [-0.2, 0) is 4.79 Å². The molecule has 1 fully saturated rings. The summed E-state index contributed by atoms with van der Waals surface area (Å²) in [6, 6.07) is 21.8. The van der Waals surface area contributed by atoms with Crippen LogP contribution in [0.4, 0.5) is 5.69 Å². The molecule has 0 atom stereocenters. The van der Waals surface area contributed by atoms with E-state index in [-0.39, 0.29) is 12.3 Å². The monoisotopic (exact) mass is 418 g/mol. The molecule has 6 nitrogen and oxygen atoms in total. The van der Waals surface area contributed by atoms with E-state index in [1.165, 1.54) is 0 Å². The molecule has 6 heteroatoms. The van der Waals surface area contributed by atoms with E-state index in [1.54, 1.807) is 0 Å². The summed E-state index contributed by atoms with van der Waals surface area (Å²) in [5.41, 5.74) is 1.78. The first-order valence-corrected chi connectivity index (χ1v) is 10.6. The molecule has 1 N–H and O–H groups in total. The molecule has 3 aromatic carbocycles.